The van der Waals surface area contributed by atoms with Gasteiger partial charge in [-0.05, 0) is 6.54 Å². The summed E-state index contributed by atoms with van der Waals surface area (Å²) in [7, 11) is 0. The van der Waals surface area contributed by atoms with Crippen molar-refractivity contribution in [3.8, 4) is 0 Å². The van der Waals surface area contributed by atoms with Crippen LogP contribution >= 0.6 is 0 Å². The van der Waals surface area contributed by atoms with Gasteiger partial charge in [0.2, 0.25) is 6.04 Å². The van der Waals surface area contributed by atoms with Crippen LogP contribution in [-0.4, -0.2) is 29.8 Å². The Bertz CT molecular complexity index is 145. The first-order valence-corrected chi connectivity index (χ1v) is 2.92. The van der Waals surface area contributed by atoms with Crippen molar-refractivity contribution < 1.29 is 23.1 Å². The highest BCUT2D eigenvalue weighted by Gasteiger charge is 2.44. The van der Waals surface area contributed by atoms with Crippen molar-refractivity contribution in [2.75, 3.05) is 6.54 Å². The Morgan fingerprint density at radius 2 is 2.09 bits per heavy atom. The van der Waals surface area contributed by atoms with E-state index in [1.165, 1.54) is 6.92 Å². The molecule has 0 saturated carbocycles. The number of likely N-dealkylation sites (N-methyl/N-ethyl adjacent to an activating group) is 1. The molecule has 0 radical (unpaired) electrons. The summed E-state index contributed by atoms with van der Waals surface area (Å²) in [4.78, 5) is 9.95. The molecule has 6 heteroatoms. The Morgan fingerprint density at radius 3 is 2.18 bits per heavy atom. The standard InChI is InChI=1S/C5H8F3NO2/c1-2-9-3(4(10)11)5(6,7)8/h3,9H,2H2,1H3,(H,10,11)/t3-/m1/s1. The Morgan fingerprint density at radius 1 is 1.64 bits per heavy atom. The zero-order valence-corrected chi connectivity index (χ0v) is 5.77. The molecule has 1 atom stereocenters. The molecule has 0 amide bonds. The van der Waals surface area contributed by atoms with E-state index >= 15 is 0 Å². The highest BCUT2D eigenvalue weighted by Crippen LogP contribution is 2.19. The number of halogens is 3. The number of hydrogen-bond donors (Lipinski definition) is 2. The van der Waals surface area contributed by atoms with E-state index in [4.69, 9.17) is 5.11 Å². The van der Waals surface area contributed by atoms with Gasteiger partial charge < -0.3 is 5.11 Å². The third-order valence-corrected chi connectivity index (χ3v) is 0.983. The van der Waals surface area contributed by atoms with Crippen LogP contribution in [0.2, 0.25) is 0 Å². The molecule has 0 aliphatic heterocycles. The van der Waals surface area contributed by atoms with Crippen LogP contribution in [0.1, 0.15) is 6.92 Å². The van der Waals surface area contributed by atoms with Crippen molar-refractivity contribution in [3.05, 3.63) is 0 Å². The summed E-state index contributed by atoms with van der Waals surface area (Å²) in [5.74, 6) is -1.90. The van der Waals surface area contributed by atoms with Gasteiger partial charge in [-0.1, -0.05) is 6.92 Å². The summed E-state index contributed by atoms with van der Waals surface area (Å²) in [6.07, 6.45) is -4.72. The zero-order chi connectivity index (χ0) is 9.07. The molecule has 66 valence electrons. The van der Waals surface area contributed by atoms with Gasteiger partial charge in [-0.3, -0.25) is 10.1 Å². The molecular weight excluding hydrogens is 163 g/mol. The average Bonchev–Trinajstić information content (AvgIpc) is 1.79. The van der Waals surface area contributed by atoms with E-state index in [0.29, 0.717) is 0 Å². The van der Waals surface area contributed by atoms with Crippen LogP contribution in [0, 0.1) is 0 Å². The minimum atomic E-state index is -4.72. The Labute approximate surface area is 61.2 Å². The lowest BCUT2D eigenvalue weighted by Gasteiger charge is -2.15. The second-order valence-corrected chi connectivity index (χ2v) is 1.87. The fourth-order valence-electron chi connectivity index (χ4n) is 0.547. The number of aliphatic carboxylic acids is 1. The summed E-state index contributed by atoms with van der Waals surface area (Å²) < 4.78 is 35.1. The predicted octanol–water partition coefficient (Wildman–Crippen LogP) is 0.611. The number of rotatable bonds is 3. The Balaban J connectivity index is 4.22. The van der Waals surface area contributed by atoms with Crippen molar-refractivity contribution in [1.29, 1.82) is 0 Å². The molecule has 0 aromatic heterocycles. The van der Waals surface area contributed by atoms with E-state index in [9.17, 15) is 18.0 Å². The first-order chi connectivity index (χ1) is 4.89. The molecule has 0 aliphatic carbocycles. The van der Waals surface area contributed by atoms with E-state index < -0.39 is 18.2 Å². The van der Waals surface area contributed by atoms with Crippen LogP contribution in [-0.2, 0) is 4.79 Å². The fourth-order valence-corrected chi connectivity index (χ4v) is 0.547. The molecule has 0 aromatic carbocycles. The SMILES string of the molecule is CCN[C@H](C(=O)O)C(F)(F)F. The van der Waals surface area contributed by atoms with Gasteiger partial charge >= 0.3 is 12.1 Å². The molecule has 0 saturated heterocycles. The van der Waals surface area contributed by atoms with Crippen LogP contribution in [0.3, 0.4) is 0 Å². The van der Waals surface area contributed by atoms with Crippen LogP contribution in [0.15, 0.2) is 0 Å². The number of carboxylic acid groups (broad SMARTS) is 1. The highest BCUT2D eigenvalue weighted by atomic mass is 19.4. The monoisotopic (exact) mass is 171 g/mol. The van der Waals surface area contributed by atoms with Gasteiger partial charge in [-0.25, -0.2) is 0 Å². The second-order valence-electron chi connectivity index (χ2n) is 1.87. The number of nitrogens with one attached hydrogen (secondary N) is 1. The van der Waals surface area contributed by atoms with E-state index in [0.717, 1.165) is 0 Å². The lowest BCUT2D eigenvalue weighted by Crippen LogP contribution is -2.48. The molecule has 0 unspecified atom stereocenters. The molecule has 11 heavy (non-hydrogen) atoms. The molecule has 3 nitrogen and oxygen atoms in total. The van der Waals surface area contributed by atoms with E-state index in [1.54, 1.807) is 5.32 Å². The maximum atomic E-state index is 11.7. The third kappa shape index (κ3) is 3.22. The minimum Gasteiger partial charge on any atom is -0.480 e. The maximum absolute atomic E-state index is 11.7. The van der Waals surface area contributed by atoms with Gasteiger partial charge in [-0.2, -0.15) is 13.2 Å². The van der Waals surface area contributed by atoms with Crippen molar-refractivity contribution in [3.63, 3.8) is 0 Å². The van der Waals surface area contributed by atoms with Crippen LogP contribution in [0.4, 0.5) is 13.2 Å². The largest absolute Gasteiger partial charge is 0.480 e. The van der Waals surface area contributed by atoms with Crippen molar-refractivity contribution in [2.24, 2.45) is 0 Å². The first kappa shape index (κ1) is 10.2. The Kier molecular flexibility index (Phi) is 3.31. The highest BCUT2D eigenvalue weighted by molar-refractivity contribution is 5.74. The molecule has 0 aromatic rings. The summed E-state index contributed by atoms with van der Waals surface area (Å²) >= 11 is 0. The van der Waals surface area contributed by atoms with Gasteiger partial charge in [0.1, 0.15) is 0 Å². The van der Waals surface area contributed by atoms with Gasteiger partial charge in [0.25, 0.3) is 0 Å². The number of alkyl halides is 3. The normalized spacial score (nSPS) is 14.5. The number of carbonyl (C=O) groups is 1. The van der Waals surface area contributed by atoms with Crippen molar-refractivity contribution >= 4 is 5.97 Å². The van der Waals surface area contributed by atoms with Crippen molar-refractivity contribution in [1.82, 2.24) is 5.32 Å². The molecule has 0 spiro atoms. The lowest BCUT2D eigenvalue weighted by atomic mass is 10.3. The molecule has 0 fully saturated rings. The van der Waals surface area contributed by atoms with E-state index in [-0.39, 0.29) is 6.54 Å². The predicted molar refractivity (Wildman–Crippen MR) is 31.2 cm³/mol. The van der Waals surface area contributed by atoms with Crippen LogP contribution < -0.4 is 5.32 Å². The average molecular weight is 171 g/mol. The molecule has 0 bridgehead atoms. The second kappa shape index (κ2) is 3.56. The van der Waals surface area contributed by atoms with E-state index in [2.05, 4.69) is 0 Å². The summed E-state index contributed by atoms with van der Waals surface area (Å²) in [6, 6.07) is -2.45. The van der Waals surface area contributed by atoms with Gasteiger partial charge in [0.05, 0.1) is 0 Å². The molecular formula is C5H8F3NO2. The zero-order valence-electron chi connectivity index (χ0n) is 5.77. The van der Waals surface area contributed by atoms with Crippen LogP contribution in [0.5, 0.6) is 0 Å². The summed E-state index contributed by atoms with van der Waals surface area (Å²) in [5.41, 5.74) is 0. The number of carboxylic acids is 1. The minimum absolute atomic E-state index is 0.0313. The van der Waals surface area contributed by atoms with Crippen molar-refractivity contribution in [2.45, 2.75) is 19.1 Å². The summed E-state index contributed by atoms with van der Waals surface area (Å²) in [6.45, 7) is 1.37. The maximum Gasteiger partial charge on any atom is 0.414 e. The smallest absolute Gasteiger partial charge is 0.414 e. The molecule has 0 aliphatic rings. The molecule has 2 N–H and O–H groups in total. The van der Waals surface area contributed by atoms with Crippen LogP contribution in [0.25, 0.3) is 0 Å². The quantitative estimate of drug-likeness (QED) is 0.654. The first-order valence-electron chi connectivity index (χ1n) is 2.92. The Hall–Kier alpha value is -0.780. The fraction of sp³-hybridized carbons (Fsp3) is 0.800. The lowest BCUT2D eigenvalue weighted by molar-refractivity contribution is -0.179. The van der Waals surface area contributed by atoms with E-state index in [1.807, 2.05) is 0 Å². The van der Waals surface area contributed by atoms with Gasteiger partial charge in [-0.15, -0.1) is 0 Å². The number of hydrogen-bond acceptors (Lipinski definition) is 2. The summed E-state index contributed by atoms with van der Waals surface area (Å²) in [5, 5.41) is 9.85. The topological polar surface area (TPSA) is 49.3 Å². The molecule has 0 rings (SSSR count). The van der Waals surface area contributed by atoms with Gasteiger partial charge in [0.15, 0.2) is 0 Å². The third-order valence-electron chi connectivity index (χ3n) is 0.983. The molecule has 0 heterocycles. The van der Waals surface area contributed by atoms with Gasteiger partial charge in [0, 0.05) is 0 Å².